The highest BCUT2D eigenvalue weighted by Crippen LogP contribution is 2.23. The lowest BCUT2D eigenvalue weighted by atomic mass is 10.2. The van der Waals surface area contributed by atoms with Gasteiger partial charge in [0.05, 0.1) is 65.3 Å². The van der Waals surface area contributed by atoms with Crippen LogP contribution >= 0.6 is 127 Å². The molecule has 0 aliphatic heterocycles. The molecule has 77 heavy (non-hydrogen) atoms. The van der Waals surface area contributed by atoms with Crippen molar-refractivity contribution in [2.45, 2.75) is 92.0 Å². The molecule has 412 valence electrons. The maximum atomic E-state index is 6.30. The predicted octanol–water partition coefficient (Wildman–Crippen LogP) is 11.3. The number of aromatic nitrogens is 11. The average molecular weight is 1420 g/mol. The Kier molecular flexibility index (Phi) is 32.1. The Morgan fingerprint density at radius 2 is 0.883 bits per heavy atom. The molecule has 0 unspecified atom stereocenters. The van der Waals surface area contributed by atoms with Gasteiger partial charge in [-0.1, -0.05) is 169 Å². The molecule has 0 aliphatic rings. The van der Waals surface area contributed by atoms with Gasteiger partial charge in [-0.2, -0.15) is 0 Å². The number of fused-ring (bicyclic) bond motifs is 3. The lowest BCUT2D eigenvalue weighted by molar-refractivity contribution is -0.686. The molecule has 0 amide bonds. The molecule has 0 atom stereocenters. The largest absolute Gasteiger partial charge is 1.00 e. The van der Waals surface area contributed by atoms with Crippen LogP contribution in [0.15, 0.2) is 135 Å². The van der Waals surface area contributed by atoms with Gasteiger partial charge >= 0.3 is 0 Å². The third-order valence-electron chi connectivity index (χ3n) is 10.5. The van der Waals surface area contributed by atoms with Crippen LogP contribution in [-0.2, 0) is 38.6 Å². The zero-order valence-electron chi connectivity index (χ0n) is 42.5. The van der Waals surface area contributed by atoms with Crippen molar-refractivity contribution < 1.29 is 38.5 Å². The molecule has 0 saturated heterocycles. The molecule has 0 fully saturated rings. The zero-order valence-corrected chi connectivity index (χ0v) is 53.8. The smallest absolute Gasteiger partial charge is 0.255 e. The molecule has 23 heteroatoms. The number of hydrogen-bond acceptors (Lipinski definition) is 5. The fourth-order valence-corrected chi connectivity index (χ4v) is 8.53. The first kappa shape index (κ1) is 68.1. The van der Waals surface area contributed by atoms with Crippen LogP contribution in [0.5, 0.6) is 0 Å². The lowest BCUT2D eigenvalue weighted by Gasteiger charge is -2.01. The Labute approximate surface area is 525 Å². The number of aryl methyl sites for hydroxylation is 3. The van der Waals surface area contributed by atoms with Crippen molar-refractivity contribution in [3.8, 4) is 0 Å². The van der Waals surface area contributed by atoms with Crippen LogP contribution < -0.4 is 38.5 Å². The molecule has 0 bridgehead atoms. The third-order valence-corrected chi connectivity index (χ3v) is 15.1. The van der Waals surface area contributed by atoms with E-state index < -0.39 is 0 Å². The summed E-state index contributed by atoms with van der Waals surface area (Å²) in [7, 11) is 0. The summed E-state index contributed by atoms with van der Waals surface area (Å²) in [6, 6.07) is 36.4. The van der Waals surface area contributed by atoms with E-state index in [2.05, 4.69) is 104 Å². The van der Waals surface area contributed by atoms with Gasteiger partial charge in [-0.05, 0) is 113 Å². The maximum Gasteiger partial charge on any atom is 0.255 e. The second-order valence-electron chi connectivity index (χ2n) is 16.4. The van der Waals surface area contributed by atoms with Crippen LogP contribution in [0.2, 0.25) is 41.2 Å². The van der Waals surface area contributed by atoms with E-state index in [1.165, 1.54) is 17.2 Å². The number of rotatable bonds is 12. The number of alkyl halides is 2. The SMILES string of the molecule is CCCI.CCCn1c[n+](Cc2ccc3ccccc3n2)c(Cl)c1Cl.CCCn1c[n+](Cc2ccc3ccccc3n2)c(Cl)c1Cl.CCCn1cnc(Cl)c1Cl.ClCc1ccc2ccccc2n1.Clc1nc[nH]c1Cl.[Br-].[Cl-]. The Hall–Kier alpha value is -3.16. The molecule has 7 aromatic heterocycles. The van der Waals surface area contributed by atoms with Gasteiger partial charge in [0, 0.05) is 22.7 Å². The minimum absolute atomic E-state index is 0. The van der Waals surface area contributed by atoms with E-state index in [4.69, 9.17) is 104 Å². The quantitative estimate of drug-likeness (QED) is 0.0746. The highest BCUT2D eigenvalue weighted by Gasteiger charge is 2.21. The molecule has 10 aromatic rings. The number of para-hydroxylation sites is 3. The van der Waals surface area contributed by atoms with E-state index in [9.17, 15) is 0 Å². The third kappa shape index (κ3) is 21.0. The predicted molar refractivity (Wildman–Crippen MR) is 323 cm³/mol. The van der Waals surface area contributed by atoms with Gasteiger partial charge in [0.1, 0.15) is 23.4 Å². The zero-order chi connectivity index (χ0) is 54.3. The summed E-state index contributed by atoms with van der Waals surface area (Å²) in [5.41, 5.74) is 5.85. The van der Waals surface area contributed by atoms with Crippen molar-refractivity contribution in [2.24, 2.45) is 0 Å². The fraction of sp³-hybridized carbons (Fsp3) is 0.278. The molecular formula is C54H57BrCl10IN11. The number of hydrogen-bond donors (Lipinski definition) is 1. The van der Waals surface area contributed by atoms with Crippen LogP contribution in [0.4, 0.5) is 0 Å². The van der Waals surface area contributed by atoms with Gasteiger partial charge in [-0.25, -0.2) is 38.2 Å². The molecule has 11 nitrogen and oxygen atoms in total. The first-order chi connectivity index (χ1) is 36.2. The molecule has 0 saturated carbocycles. The number of nitrogens with zero attached hydrogens (tertiary/aromatic N) is 10. The Morgan fingerprint density at radius 1 is 0.494 bits per heavy atom. The highest BCUT2D eigenvalue weighted by molar-refractivity contribution is 14.1. The second-order valence-corrected chi connectivity index (χ2v) is 20.6. The Balaban J connectivity index is 0.000000259. The minimum atomic E-state index is 0. The van der Waals surface area contributed by atoms with Crippen molar-refractivity contribution >= 4 is 160 Å². The fourth-order valence-electron chi connectivity index (χ4n) is 6.95. The number of imidazole rings is 4. The maximum absolute atomic E-state index is 6.30. The van der Waals surface area contributed by atoms with E-state index >= 15 is 0 Å². The highest BCUT2D eigenvalue weighted by atomic mass is 127. The molecule has 0 radical (unpaired) electrons. The van der Waals surface area contributed by atoms with Gasteiger partial charge in [-0.15, -0.1) is 11.6 Å². The molecule has 0 spiro atoms. The van der Waals surface area contributed by atoms with Crippen LogP contribution in [0.1, 0.15) is 70.5 Å². The van der Waals surface area contributed by atoms with E-state index in [0.717, 1.165) is 88.7 Å². The minimum Gasteiger partial charge on any atom is -1.00 e. The monoisotopic (exact) mass is 1410 g/mol. The summed E-state index contributed by atoms with van der Waals surface area (Å²) in [4.78, 5) is 23.7. The van der Waals surface area contributed by atoms with Gasteiger partial charge in [-0.3, -0.25) is 4.98 Å². The molecule has 3 aromatic carbocycles. The normalized spacial score (nSPS) is 10.3. The second kappa shape index (κ2) is 36.2. The van der Waals surface area contributed by atoms with E-state index in [1.54, 1.807) is 6.33 Å². The van der Waals surface area contributed by atoms with E-state index in [-0.39, 0.29) is 29.4 Å². The molecule has 0 aliphatic carbocycles. The van der Waals surface area contributed by atoms with Crippen LogP contribution in [0.3, 0.4) is 0 Å². The van der Waals surface area contributed by atoms with Crippen LogP contribution in [0.25, 0.3) is 32.7 Å². The number of aromatic amines is 1. The number of pyridine rings is 3. The summed E-state index contributed by atoms with van der Waals surface area (Å²) in [5, 5.41) is 7.34. The van der Waals surface area contributed by atoms with Crippen LogP contribution in [0, 0.1) is 0 Å². The Bertz CT molecular complexity index is 3180. The topological polar surface area (TPSA) is 103 Å². The Morgan fingerprint density at radius 3 is 1.21 bits per heavy atom. The van der Waals surface area contributed by atoms with E-state index in [0.29, 0.717) is 60.2 Å². The summed E-state index contributed by atoms with van der Waals surface area (Å²) in [5.74, 6) is 0.477. The molecular weight excluding hydrogens is 1360 g/mol. The van der Waals surface area contributed by atoms with Crippen molar-refractivity contribution in [3.63, 3.8) is 0 Å². The van der Waals surface area contributed by atoms with Crippen molar-refractivity contribution in [3.05, 3.63) is 193 Å². The van der Waals surface area contributed by atoms with Gasteiger partial charge in [0.2, 0.25) is 12.7 Å². The summed E-state index contributed by atoms with van der Waals surface area (Å²) < 4.78 is 10.9. The number of nitrogens with one attached hydrogen (secondary N) is 1. The average Bonchev–Trinajstić information content (AvgIpc) is 4.14. The standard InChI is InChI=1S/2C16H16Cl2N3.C10H8ClN.C6H8Cl2N2.C3H2Cl2N2.C3H7I.BrH.ClH/c2*1-2-9-20-11-21(16(18)15(20)17)10-13-8-7-12-5-3-4-6-14(12)19-13;11-7-9-6-5-8-3-1-2-4-10(8)12-9;1-2-3-10-4-9-5(7)6(10)8;4-2-3(5)7-1-6-2;1-2-3-4;;/h2*3-8,11H,2,9-10H2,1H3;1-6H,7H2;4H,2-3H2,1H3;1H,(H,6,7);2-3H2,1H3;2*1H/q2*+1;;;;;;/p-2. The van der Waals surface area contributed by atoms with Gasteiger partial charge in [0.25, 0.3) is 20.6 Å². The number of H-pyrrole nitrogens is 1. The van der Waals surface area contributed by atoms with Crippen molar-refractivity contribution in [1.29, 1.82) is 0 Å². The summed E-state index contributed by atoms with van der Waals surface area (Å²) >= 11 is 55.2. The lowest BCUT2D eigenvalue weighted by Crippen LogP contribution is -3.00. The molecule has 10 rings (SSSR count). The van der Waals surface area contributed by atoms with Crippen molar-refractivity contribution in [2.75, 3.05) is 4.43 Å². The summed E-state index contributed by atoms with van der Waals surface area (Å²) in [6.07, 6.45) is 11.3. The number of benzene rings is 3. The van der Waals surface area contributed by atoms with E-state index in [1.807, 2.05) is 120 Å². The van der Waals surface area contributed by atoms with Gasteiger partial charge < -0.3 is 38.9 Å². The molecule has 7 heterocycles. The first-order valence-electron chi connectivity index (χ1n) is 24.0. The van der Waals surface area contributed by atoms with Crippen LogP contribution in [-0.4, -0.2) is 48.0 Å². The van der Waals surface area contributed by atoms with Crippen molar-refractivity contribution in [1.82, 2.24) is 43.6 Å². The summed E-state index contributed by atoms with van der Waals surface area (Å²) in [6.45, 7) is 12.3. The molecule has 1 N–H and O–H groups in total. The number of halogens is 12. The first-order valence-corrected chi connectivity index (χ1v) is 29.1. The van der Waals surface area contributed by atoms with Gasteiger partial charge in [0.15, 0.2) is 10.3 Å².